The summed E-state index contributed by atoms with van der Waals surface area (Å²) in [6.45, 7) is 4.46. The van der Waals surface area contributed by atoms with Crippen molar-refractivity contribution in [1.29, 1.82) is 0 Å². The third kappa shape index (κ3) is 4.23. The molecule has 3 heterocycles. The van der Waals surface area contributed by atoms with Crippen LogP contribution in [0.2, 0.25) is 0 Å². The normalized spacial score (nSPS) is 17.9. The number of ether oxygens (including phenoxy) is 2. The quantitative estimate of drug-likeness (QED) is 0.575. The summed E-state index contributed by atoms with van der Waals surface area (Å²) in [5.41, 5.74) is 2.45. The summed E-state index contributed by atoms with van der Waals surface area (Å²) in [4.78, 5) is 19.8. The third-order valence-corrected chi connectivity index (χ3v) is 7.44. The molecule has 2 aliphatic heterocycles. The maximum Gasteiger partial charge on any atom is 0.238 e. The molecule has 0 unspecified atom stereocenters. The van der Waals surface area contributed by atoms with E-state index in [9.17, 15) is 13.2 Å². The maximum atomic E-state index is 13.2. The van der Waals surface area contributed by atoms with Gasteiger partial charge in [0.1, 0.15) is 19.0 Å². The van der Waals surface area contributed by atoms with Crippen LogP contribution in [0.3, 0.4) is 0 Å². The minimum atomic E-state index is -3.81. The van der Waals surface area contributed by atoms with Gasteiger partial charge in [-0.2, -0.15) is 0 Å². The van der Waals surface area contributed by atoms with Crippen molar-refractivity contribution in [1.82, 2.24) is 14.5 Å². The third-order valence-electron chi connectivity index (χ3n) is 6.53. The molecule has 1 saturated heterocycles. The van der Waals surface area contributed by atoms with Crippen LogP contribution < -0.4 is 14.6 Å². The number of sulfonamides is 1. The van der Waals surface area contributed by atoms with Crippen molar-refractivity contribution in [3.63, 3.8) is 0 Å². The van der Waals surface area contributed by atoms with E-state index in [0.717, 1.165) is 47.8 Å². The highest BCUT2D eigenvalue weighted by Gasteiger charge is 2.31. The lowest BCUT2D eigenvalue weighted by Gasteiger charge is -2.27. The van der Waals surface area contributed by atoms with Crippen molar-refractivity contribution < 1.29 is 22.7 Å². The molecule has 0 saturated carbocycles. The van der Waals surface area contributed by atoms with Crippen LogP contribution in [0.1, 0.15) is 43.6 Å². The van der Waals surface area contributed by atoms with Gasteiger partial charge in [0.05, 0.1) is 22.0 Å². The number of imidazole rings is 1. The van der Waals surface area contributed by atoms with Crippen molar-refractivity contribution in [3.8, 4) is 11.5 Å². The molecule has 2 aliphatic rings. The van der Waals surface area contributed by atoms with Crippen molar-refractivity contribution in [2.24, 2.45) is 5.14 Å². The molecule has 9 nitrogen and oxygen atoms in total. The number of carbonyl (C=O) groups excluding carboxylic acids is 1. The number of primary sulfonamides is 1. The predicted molar refractivity (Wildman–Crippen MR) is 126 cm³/mol. The molecule has 1 fully saturated rings. The van der Waals surface area contributed by atoms with Gasteiger partial charge in [0, 0.05) is 25.9 Å². The highest BCUT2D eigenvalue weighted by atomic mass is 32.2. The maximum absolute atomic E-state index is 13.2. The van der Waals surface area contributed by atoms with Gasteiger partial charge in [-0.05, 0) is 55.7 Å². The molecule has 5 rings (SSSR count). The monoisotopic (exact) mass is 484 g/mol. The number of fused-ring (bicyclic) bond motifs is 2. The number of nitrogens with zero attached hydrogens (tertiary/aromatic N) is 3. The van der Waals surface area contributed by atoms with E-state index in [1.807, 2.05) is 34.6 Å². The van der Waals surface area contributed by atoms with E-state index in [0.29, 0.717) is 38.1 Å². The largest absolute Gasteiger partial charge is 0.486 e. The van der Waals surface area contributed by atoms with E-state index < -0.39 is 10.0 Å². The summed E-state index contributed by atoms with van der Waals surface area (Å²) in [6.07, 6.45) is 2.66. The number of nitrogens with two attached hydrogens (primary N) is 1. The summed E-state index contributed by atoms with van der Waals surface area (Å²) in [6, 6.07) is 10.6. The van der Waals surface area contributed by atoms with Crippen LogP contribution in [-0.4, -0.2) is 48.5 Å². The first-order chi connectivity index (χ1) is 16.3. The SMILES string of the molecule is CCn1c(CCC(=O)N2CCC[C@@H]2c2ccc3c(c2)OCCO3)nc2cc(S(N)(=O)=O)ccc21. The number of likely N-dealkylation sites (tertiary alicyclic amines) is 1. The molecule has 3 aromatic rings. The van der Waals surface area contributed by atoms with Crippen LogP contribution >= 0.6 is 0 Å². The van der Waals surface area contributed by atoms with Gasteiger partial charge < -0.3 is 18.9 Å². The zero-order chi connectivity index (χ0) is 23.9. The number of aryl methyl sites for hydroxylation is 2. The van der Waals surface area contributed by atoms with Crippen molar-refractivity contribution in [2.75, 3.05) is 19.8 Å². The molecule has 180 valence electrons. The number of hydrogen-bond acceptors (Lipinski definition) is 6. The second-order valence-electron chi connectivity index (χ2n) is 8.62. The first kappa shape index (κ1) is 22.7. The first-order valence-electron chi connectivity index (χ1n) is 11.6. The molecule has 10 heteroatoms. The van der Waals surface area contributed by atoms with E-state index in [4.69, 9.17) is 14.6 Å². The minimum absolute atomic E-state index is 0.0191. The number of aromatic nitrogens is 2. The highest BCUT2D eigenvalue weighted by Crippen LogP contribution is 2.38. The fourth-order valence-corrected chi connectivity index (χ4v) is 5.46. The van der Waals surface area contributed by atoms with Gasteiger partial charge in [0.25, 0.3) is 0 Å². The number of rotatable bonds is 6. The summed E-state index contributed by atoms with van der Waals surface area (Å²) in [7, 11) is -3.81. The van der Waals surface area contributed by atoms with Crippen LogP contribution in [0.25, 0.3) is 11.0 Å². The molecular formula is C24H28N4O5S. The Morgan fingerprint density at radius 3 is 2.71 bits per heavy atom. The number of carbonyl (C=O) groups is 1. The lowest BCUT2D eigenvalue weighted by Crippen LogP contribution is -2.31. The molecule has 34 heavy (non-hydrogen) atoms. The van der Waals surface area contributed by atoms with Gasteiger partial charge in [-0.1, -0.05) is 6.07 Å². The Bertz CT molecular complexity index is 1350. The second-order valence-corrected chi connectivity index (χ2v) is 10.2. The van der Waals surface area contributed by atoms with Gasteiger partial charge in [0.2, 0.25) is 15.9 Å². The van der Waals surface area contributed by atoms with Crippen LogP contribution in [0.4, 0.5) is 0 Å². The highest BCUT2D eigenvalue weighted by molar-refractivity contribution is 7.89. The Labute approximate surface area is 198 Å². The van der Waals surface area contributed by atoms with Gasteiger partial charge in [-0.15, -0.1) is 0 Å². The van der Waals surface area contributed by atoms with Crippen LogP contribution in [0.5, 0.6) is 11.5 Å². The summed E-state index contributed by atoms with van der Waals surface area (Å²) in [5, 5.41) is 5.26. The molecule has 0 radical (unpaired) electrons. The second kappa shape index (κ2) is 8.92. The van der Waals surface area contributed by atoms with Gasteiger partial charge in [0.15, 0.2) is 11.5 Å². The summed E-state index contributed by atoms with van der Waals surface area (Å²) < 4.78 is 36.8. The molecule has 0 aliphatic carbocycles. The van der Waals surface area contributed by atoms with Gasteiger partial charge >= 0.3 is 0 Å². The predicted octanol–water partition coefficient (Wildman–Crippen LogP) is 2.77. The van der Waals surface area contributed by atoms with Gasteiger partial charge in [-0.3, -0.25) is 4.79 Å². The molecule has 2 aromatic carbocycles. The average molecular weight is 485 g/mol. The van der Waals surface area contributed by atoms with E-state index in [1.165, 1.54) is 12.1 Å². The van der Waals surface area contributed by atoms with E-state index in [-0.39, 0.29) is 16.8 Å². The molecule has 0 spiro atoms. The first-order valence-corrected chi connectivity index (χ1v) is 13.1. The van der Waals surface area contributed by atoms with E-state index in [2.05, 4.69) is 4.98 Å². The average Bonchev–Trinajstić information content (AvgIpc) is 3.45. The standard InChI is InChI=1S/C24H28N4O5S/c1-2-27-20-7-6-17(34(25,30)31)15-18(20)26-23(27)9-10-24(29)28-11-3-4-19(28)16-5-8-21-22(14-16)33-13-12-32-21/h5-8,14-15,19H,2-4,9-13H2,1H3,(H2,25,30,31)/t19-/m1/s1. The lowest BCUT2D eigenvalue weighted by atomic mass is 10.0. The van der Waals surface area contributed by atoms with Crippen LogP contribution in [0, 0.1) is 0 Å². The van der Waals surface area contributed by atoms with Crippen molar-refractivity contribution in [2.45, 2.75) is 50.1 Å². The summed E-state index contributed by atoms with van der Waals surface area (Å²) >= 11 is 0. The summed E-state index contributed by atoms with van der Waals surface area (Å²) in [5.74, 6) is 2.32. The Hall–Kier alpha value is -3.11. The Balaban J connectivity index is 1.33. The topological polar surface area (TPSA) is 117 Å². The fourth-order valence-electron chi connectivity index (χ4n) is 4.92. The molecule has 1 amide bonds. The molecule has 0 bridgehead atoms. The molecule has 1 aromatic heterocycles. The van der Waals surface area contributed by atoms with Crippen molar-refractivity contribution >= 4 is 27.0 Å². The lowest BCUT2D eigenvalue weighted by molar-refractivity contribution is -0.132. The number of hydrogen-bond donors (Lipinski definition) is 1. The van der Waals surface area contributed by atoms with Crippen molar-refractivity contribution in [3.05, 3.63) is 47.8 Å². The smallest absolute Gasteiger partial charge is 0.238 e. The zero-order valence-corrected chi connectivity index (χ0v) is 19.9. The minimum Gasteiger partial charge on any atom is -0.486 e. The van der Waals surface area contributed by atoms with Crippen LogP contribution in [-0.2, 0) is 27.8 Å². The molecule has 2 N–H and O–H groups in total. The molecule has 1 atom stereocenters. The Morgan fingerprint density at radius 2 is 1.94 bits per heavy atom. The number of benzene rings is 2. The van der Waals surface area contributed by atoms with E-state index in [1.54, 1.807) is 6.07 Å². The van der Waals surface area contributed by atoms with Gasteiger partial charge in [-0.25, -0.2) is 18.5 Å². The Kier molecular flexibility index (Phi) is 5.95. The van der Waals surface area contributed by atoms with E-state index >= 15 is 0 Å². The van der Waals surface area contributed by atoms with Crippen LogP contribution in [0.15, 0.2) is 41.3 Å². The number of amides is 1. The zero-order valence-electron chi connectivity index (χ0n) is 19.1. The Morgan fingerprint density at radius 1 is 1.15 bits per heavy atom. The molecular weight excluding hydrogens is 456 g/mol. The fraction of sp³-hybridized carbons (Fsp3) is 0.417.